The van der Waals surface area contributed by atoms with Crippen molar-refractivity contribution in [2.24, 2.45) is 5.92 Å². The van der Waals surface area contributed by atoms with Crippen LogP contribution >= 0.6 is 0 Å². The number of hydrogen-bond acceptors (Lipinski definition) is 10. The van der Waals surface area contributed by atoms with Crippen LogP contribution in [0.15, 0.2) is 40.8 Å². The Morgan fingerprint density at radius 2 is 1.82 bits per heavy atom. The zero-order chi connectivity index (χ0) is 27.2. The van der Waals surface area contributed by atoms with Gasteiger partial charge >= 0.3 is 23.8 Å². The summed E-state index contributed by atoms with van der Waals surface area (Å²) in [7, 11) is 0. The monoisotopic (exact) mass is 531 g/mol. The maximum absolute atomic E-state index is 15.3. The van der Waals surface area contributed by atoms with Crippen molar-refractivity contribution in [2.75, 3.05) is 17.2 Å². The van der Waals surface area contributed by atoms with E-state index < -0.39 is 45.8 Å². The fourth-order valence-corrected chi connectivity index (χ4v) is 3.95. The molecule has 1 fully saturated rings. The van der Waals surface area contributed by atoms with E-state index in [1.807, 2.05) is 0 Å². The van der Waals surface area contributed by atoms with Crippen LogP contribution < -0.4 is 15.4 Å². The van der Waals surface area contributed by atoms with Crippen LogP contribution in [0.3, 0.4) is 0 Å². The van der Waals surface area contributed by atoms with Crippen molar-refractivity contribution in [3.8, 4) is 5.75 Å². The Balaban J connectivity index is 1.46. The number of esters is 1. The van der Waals surface area contributed by atoms with Gasteiger partial charge in [0.1, 0.15) is 5.82 Å². The van der Waals surface area contributed by atoms with E-state index >= 15 is 4.39 Å². The summed E-state index contributed by atoms with van der Waals surface area (Å²) in [6.45, 7) is 2.01. The summed E-state index contributed by atoms with van der Waals surface area (Å²) in [5.74, 6) is -4.15. The fraction of sp³-hybridized carbons (Fsp3) is 0.333. The van der Waals surface area contributed by atoms with Crippen LogP contribution in [-0.4, -0.2) is 39.7 Å². The zero-order valence-corrected chi connectivity index (χ0v) is 20.1. The van der Waals surface area contributed by atoms with E-state index in [-0.39, 0.29) is 30.3 Å². The minimum Gasteiger partial charge on any atom is -0.487 e. The van der Waals surface area contributed by atoms with Crippen molar-refractivity contribution in [1.82, 2.24) is 10.2 Å². The molecule has 14 heteroatoms. The predicted molar refractivity (Wildman–Crippen MR) is 128 cm³/mol. The molecular weight excluding hydrogens is 508 g/mol. The van der Waals surface area contributed by atoms with Crippen LogP contribution in [0.1, 0.15) is 43.3 Å². The van der Waals surface area contributed by atoms with Crippen molar-refractivity contribution in [2.45, 2.75) is 38.7 Å². The molecule has 2 aromatic carbocycles. The third-order valence-electron chi connectivity index (χ3n) is 5.82. The second-order valence-electron chi connectivity index (χ2n) is 8.37. The topological polar surface area (TPSA) is 159 Å². The average Bonchev–Trinajstić information content (AvgIpc) is 3.37. The van der Waals surface area contributed by atoms with Crippen LogP contribution in [-0.2, 0) is 9.53 Å². The van der Waals surface area contributed by atoms with Crippen LogP contribution in [0.25, 0.3) is 0 Å². The number of halogens is 2. The molecule has 1 amide bonds. The molecule has 12 nitrogen and oxygen atoms in total. The van der Waals surface area contributed by atoms with Gasteiger partial charge in [-0.15, -0.1) is 5.10 Å². The molecule has 3 aromatic rings. The number of nitro groups is 1. The molecule has 200 valence electrons. The highest BCUT2D eigenvalue weighted by molar-refractivity contribution is 6.02. The van der Waals surface area contributed by atoms with E-state index in [1.165, 1.54) is 24.3 Å². The van der Waals surface area contributed by atoms with Gasteiger partial charge in [-0.05, 0) is 62.9 Å². The number of ether oxygens (including phenoxy) is 2. The van der Waals surface area contributed by atoms with Crippen LogP contribution in [0.4, 0.5) is 31.9 Å². The van der Waals surface area contributed by atoms with Gasteiger partial charge in [0.05, 0.1) is 23.6 Å². The zero-order valence-electron chi connectivity index (χ0n) is 20.1. The first-order valence-corrected chi connectivity index (χ1v) is 11.7. The van der Waals surface area contributed by atoms with Crippen LogP contribution in [0.5, 0.6) is 5.75 Å². The van der Waals surface area contributed by atoms with E-state index in [0.717, 1.165) is 12.1 Å². The second-order valence-corrected chi connectivity index (χ2v) is 8.37. The molecule has 0 atom stereocenters. The molecule has 0 bridgehead atoms. The van der Waals surface area contributed by atoms with Crippen molar-refractivity contribution in [3.63, 3.8) is 0 Å². The Bertz CT molecular complexity index is 1320. The molecule has 1 saturated carbocycles. The molecule has 0 radical (unpaired) electrons. The molecule has 1 aliphatic rings. The number of rotatable bonds is 9. The third kappa shape index (κ3) is 6.19. The standard InChI is InChI=1S/C24H23F2N5O7/c1-2-36-23(33)13-3-9-16(10-4-13)37-18-12-11-17(31(34)35)20(19(18)26)28-21(32)22-29-30-24(38-22)27-15-7-5-14(25)6-8-15/h5-8,11-13,16H,2-4,9-10H2,1H3,(H,27,30)(H,28,32). The van der Waals surface area contributed by atoms with E-state index in [0.29, 0.717) is 31.4 Å². The van der Waals surface area contributed by atoms with Crippen LogP contribution in [0, 0.1) is 27.7 Å². The normalized spacial score (nSPS) is 16.9. The summed E-state index contributed by atoms with van der Waals surface area (Å²) >= 11 is 0. The third-order valence-corrected chi connectivity index (χ3v) is 5.82. The first kappa shape index (κ1) is 26.4. The number of nitrogens with one attached hydrogen (secondary N) is 2. The van der Waals surface area contributed by atoms with Gasteiger partial charge in [0.25, 0.3) is 5.69 Å². The SMILES string of the molecule is CCOC(=O)C1CCC(Oc2ccc([N+](=O)[O-])c(NC(=O)c3nnc(Nc4ccc(F)cc4)o3)c2F)CC1. The smallest absolute Gasteiger partial charge is 0.320 e. The minimum absolute atomic E-state index is 0.216. The number of hydrogen-bond donors (Lipinski definition) is 2. The molecule has 1 aliphatic carbocycles. The largest absolute Gasteiger partial charge is 0.487 e. The summed E-state index contributed by atoms with van der Waals surface area (Å²) in [5, 5.41) is 23.4. The van der Waals surface area contributed by atoms with E-state index in [1.54, 1.807) is 6.92 Å². The maximum atomic E-state index is 15.3. The average molecular weight is 531 g/mol. The Labute approximate surface area is 214 Å². The highest BCUT2D eigenvalue weighted by atomic mass is 19.1. The van der Waals surface area contributed by atoms with Crippen molar-refractivity contribution in [3.05, 3.63) is 64.0 Å². The Kier molecular flexibility index (Phi) is 8.09. The Morgan fingerprint density at radius 3 is 2.47 bits per heavy atom. The molecule has 1 heterocycles. The predicted octanol–water partition coefficient (Wildman–Crippen LogP) is 4.75. The molecule has 38 heavy (non-hydrogen) atoms. The number of carbonyl (C=O) groups excluding carboxylic acids is 2. The number of anilines is 3. The lowest BCUT2D eigenvalue weighted by molar-refractivity contribution is -0.384. The van der Waals surface area contributed by atoms with E-state index in [4.69, 9.17) is 13.9 Å². The van der Waals surface area contributed by atoms with Gasteiger partial charge in [0, 0.05) is 11.8 Å². The highest BCUT2D eigenvalue weighted by Crippen LogP contribution is 2.36. The second kappa shape index (κ2) is 11.6. The lowest BCUT2D eigenvalue weighted by atomic mass is 9.87. The lowest BCUT2D eigenvalue weighted by Crippen LogP contribution is -2.29. The summed E-state index contributed by atoms with van der Waals surface area (Å²) in [5.41, 5.74) is -1.05. The first-order valence-electron chi connectivity index (χ1n) is 11.7. The molecule has 0 aliphatic heterocycles. The molecular formula is C24H23F2N5O7. The molecule has 0 saturated heterocycles. The lowest BCUT2D eigenvalue weighted by Gasteiger charge is -2.28. The quantitative estimate of drug-likeness (QED) is 0.224. The molecule has 0 unspecified atom stereocenters. The number of benzene rings is 2. The maximum Gasteiger partial charge on any atom is 0.320 e. The number of amides is 1. The summed E-state index contributed by atoms with van der Waals surface area (Å²) in [4.78, 5) is 35.2. The first-order chi connectivity index (χ1) is 18.2. The number of carbonyl (C=O) groups is 2. The Morgan fingerprint density at radius 1 is 1.11 bits per heavy atom. The number of nitrogens with zero attached hydrogens (tertiary/aromatic N) is 3. The van der Waals surface area contributed by atoms with Gasteiger partial charge in [-0.2, -0.15) is 0 Å². The van der Waals surface area contributed by atoms with Crippen LogP contribution in [0.2, 0.25) is 0 Å². The fourth-order valence-electron chi connectivity index (χ4n) is 3.95. The van der Waals surface area contributed by atoms with Gasteiger partial charge < -0.3 is 24.5 Å². The van der Waals surface area contributed by atoms with Gasteiger partial charge in [-0.25, -0.2) is 8.78 Å². The number of aromatic nitrogens is 2. The summed E-state index contributed by atoms with van der Waals surface area (Å²) < 4.78 is 44.3. The molecule has 4 rings (SSSR count). The van der Waals surface area contributed by atoms with Gasteiger partial charge in [0.15, 0.2) is 17.3 Å². The van der Waals surface area contributed by atoms with Crippen molar-refractivity contribution >= 4 is 35.0 Å². The minimum atomic E-state index is -1.15. The van der Waals surface area contributed by atoms with Gasteiger partial charge in [-0.3, -0.25) is 19.7 Å². The molecule has 0 spiro atoms. The van der Waals surface area contributed by atoms with Gasteiger partial charge in [-0.1, -0.05) is 5.10 Å². The molecule has 2 N–H and O–H groups in total. The van der Waals surface area contributed by atoms with Crippen molar-refractivity contribution in [1.29, 1.82) is 0 Å². The number of nitro benzene ring substituents is 1. The van der Waals surface area contributed by atoms with E-state index in [2.05, 4.69) is 20.8 Å². The summed E-state index contributed by atoms with van der Waals surface area (Å²) in [6.07, 6.45) is 1.46. The highest BCUT2D eigenvalue weighted by Gasteiger charge is 2.31. The summed E-state index contributed by atoms with van der Waals surface area (Å²) in [6, 6.07) is 7.07. The van der Waals surface area contributed by atoms with Gasteiger partial charge in [0.2, 0.25) is 0 Å². The molecule has 1 aromatic heterocycles. The Hall–Kier alpha value is -4.62. The van der Waals surface area contributed by atoms with E-state index in [9.17, 15) is 24.1 Å². The van der Waals surface area contributed by atoms with Crippen molar-refractivity contribution < 1.29 is 37.2 Å².